The predicted octanol–water partition coefficient (Wildman–Crippen LogP) is 16.2. The monoisotopic (exact) mass is 1090 g/mol. The van der Waals surface area contributed by atoms with Crippen LogP contribution in [0.25, 0.3) is 110 Å². The first-order valence-electron chi connectivity index (χ1n) is 24.0. The summed E-state index contributed by atoms with van der Waals surface area (Å²) < 4.78 is 17.2. The van der Waals surface area contributed by atoms with Gasteiger partial charge in [-0.3, -0.25) is 0 Å². The Morgan fingerprint density at radius 1 is 0.465 bits per heavy atom. The number of ether oxygens (including phenoxy) is 1. The van der Waals surface area contributed by atoms with Crippen LogP contribution in [0.2, 0.25) is 0 Å². The van der Waals surface area contributed by atoms with Crippen LogP contribution in [0.15, 0.2) is 206 Å². The molecule has 342 valence electrons. The van der Waals surface area contributed by atoms with Gasteiger partial charge in [0.05, 0.1) is 16.6 Å². The summed E-state index contributed by atoms with van der Waals surface area (Å²) in [6, 6.07) is 78.8. The first-order valence-corrected chi connectivity index (χ1v) is 25.1. The van der Waals surface area contributed by atoms with Crippen molar-refractivity contribution in [2.24, 2.45) is 0 Å². The van der Waals surface area contributed by atoms with Crippen LogP contribution in [-0.2, 0) is 24.8 Å². The Morgan fingerprint density at radius 3 is 1.77 bits per heavy atom. The standard InChI is InChI=1S/C64H43N5O.Pt/c1-64(2,3)43-34-51(41-18-6-4-7-19-41)62(52(35-43)42-20-8-5-9-21-42)67-40-66(56-28-12-13-29-57(56)67)44-22-16-23-45(36-44)70-46-31-32-48-53-38-54-50-26-17-25-49-47-24-10-11-27-55(47)69(63(49)50)60(54)39-59(53)68(58(48)37-46)61-30-14-15-33-65-61;/h4-35,38-39H,1-3H3;/q-2;. The topological polar surface area (TPSA) is 41.3 Å². The van der Waals surface area contributed by atoms with E-state index in [1.54, 1.807) is 0 Å². The summed E-state index contributed by atoms with van der Waals surface area (Å²) in [5.41, 5.74) is 15.5. The van der Waals surface area contributed by atoms with Gasteiger partial charge < -0.3 is 4.40 Å². The van der Waals surface area contributed by atoms with Gasteiger partial charge in [-0.2, -0.15) is 0 Å². The molecule has 7 heteroatoms. The zero-order valence-corrected chi connectivity index (χ0v) is 41.4. The van der Waals surface area contributed by atoms with Crippen LogP contribution in [0.4, 0.5) is 0 Å². The van der Waals surface area contributed by atoms with Gasteiger partial charge in [0.2, 0.25) is 0 Å². The van der Waals surface area contributed by atoms with Crippen LogP contribution in [0, 0.1) is 15.9 Å². The molecule has 0 fully saturated rings. The first-order chi connectivity index (χ1) is 34.8. The zero-order chi connectivity index (χ0) is 47.5. The summed E-state index contributed by atoms with van der Waals surface area (Å²) in [6.45, 7) is 6.88. The third-order valence-corrected chi connectivity index (χ3v) is 15.2. The van der Waals surface area contributed by atoms with Crippen molar-refractivity contribution in [1.82, 2.24) is 23.1 Å². The van der Waals surface area contributed by atoms with Gasteiger partial charge in [-0.05, 0) is 12.1 Å². The minimum atomic E-state index is -0.0806. The van der Waals surface area contributed by atoms with Crippen molar-refractivity contribution in [2.45, 2.75) is 26.2 Å². The van der Waals surface area contributed by atoms with Crippen molar-refractivity contribution in [3.63, 3.8) is 0 Å². The summed E-state index contributed by atoms with van der Waals surface area (Å²) >= 11 is 2.50. The van der Waals surface area contributed by atoms with Gasteiger partial charge in [-0.25, -0.2) is 0 Å². The van der Waals surface area contributed by atoms with Gasteiger partial charge in [0.1, 0.15) is 0 Å². The average Bonchev–Trinajstić information content (AvgIpc) is 4.11. The number of para-hydroxylation sites is 4. The Kier molecular flexibility index (Phi) is 9.30. The second kappa shape index (κ2) is 15.9. The number of hydrogen-bond donors (Lipinski definition) is 0. The molecule has 0 aliphatic rings. The van der Waals surface area contributed by atoms with Gasteiger partial charge in [-0.15, -0.1) is 0 Å². The summed E-state index contributed by atoms with van der Waals surface area (Å²) in [5.74, 6) is 1.99. The molecule has 0 unspecified atom stereocenters. The Bertz CT molecular complexity index is 4420. The molecular weight excluding hydrogens is 1050 g/mol. The van der Waals surface area contributed by atoms with Crippen molar-refractivity contribution in [3.8, 4) is 50.9 Å². The molecule has 71 heavy (non-hydrogen) atoms. The van der Waals surface area contributed by atoms with Crippen LogP contribution in [0.5, 0.6) is 11.5 Å². The summed E-state index contributed by atoms with van der Waals surface area (Å²) in [7, 11) is 0. The van der Waals surface area contributed by atoms with Crippen molar-refractivity contribution in [1.29, 1.82) is 0 Å². The van der Waals surface area contributed by atoms with Crippen molar-refractivity contribution in [2.75, 3.05) is 0 Å². The van der Waals surface area contributed by atoms with E-state index in [2.05, 4.69) is 240 Å². The molecule has 0 atom stereocenters. The molecule has 0 aliphatic carbocycles. The number of rotatable bonds is 7. The molecule has 5 heterocycles. The van der Waals surface area contributed by atoms with Crippen LogP contribution < -0.4 is 4.74 Å². The van der Waals surface area contributed by atoms with Crippen LogP contribution in [-0.4, -0.2) is 23.1 Å². The number of imidazole rings is 1. The third-order valence-electron chi connectivity index (χ3n) is 14.2. The summed E-state index contributed by atoms with van der Waals surface area (Å²) in [6.07, 6.45) is 1.85. The van der Waals surface area contributed by atoms with Gasteiger partial charge in [0.25, 0.3) is 0 Å². The predicted molar refractivity (Wildman–Crippen MR) is 286 cm³/mol. The van der Waals surface area contributed by atoms with E-state index in [9.17, 15) is 0 Å². The number of nitrogens with zero attached hydrogens (tertiary/aromatic N) is 5. The van der Waals surface area contributed by atoms with E-state index >= 15 is 0 Å². The number of benzene rings is 9. The molecule has 0 saturated carbocycles. The van der Waals surface area contributed by atoms with Crippen LogP contribution in [0.1, 0.15) is 26.3 Å². The molecule has 0 spiro atoms. The molecule has 6 nitrogen and oxygen atoms in total. The fourth-order valence-corrected chi connectivity index (χ4v) is 12.0. The Labute approximate surface area is 420 Å². The molecule has 14 rings (SSSR count). The van der Waals surface area contributed by atoms with Gasteiger partial charge in [0.15, 0.2) is 0 Å². The molecule has 0 bridgehead atoms. The van der Waals surface area contributed by atoms with Crippen LogP contribution in [0.3, 0.4) is 0 Å². The molecule has 0 saturated heterocycles. The Hall–Kier alpha value is -8.31. The molecule has 0 radical (unpaired) electrons. The number of hydrogen-bond acceptors (Lipinski definition) is 2. The fourth-order valence-electron chi connectivity index (χ4n) is 10.9. The van der Waals surface area contributed by atoms with Crippen molar-refractivity contribution < 1.29 is 24.1 Å². The maximum absolute atomic E-state index is 6.81. The van der Waals surface area contributed by atoms with E-state index in [1.165, 1.54) is 49.3 Å². The molecule has 5 aromatic heterocycles. The normalized spacial score (nSPS) is 12.2. The molecule has 14 aromatic rings. The SMILES string of the molecule is CC(C)(C)c1cc(-c2ccccc2)c(-n2[c](=[Pt])n(-c3[c-]c(Oc4[c-]c5c(cc4)c4cc6c7cccc8c9ccccc9n(c6cc4n5-c4ccccn4)c87)ccc3)c3ccccc32)c(-c2ccccc2)c1. The zero-order valence-electron chi connectivity index (χ0n) is 39.1. The first kappa shape index (κ1) is 41.6. The Balaban J connectivity index is 0.929. The minimum absolute atomic E-state index is 0.0806. The third kappa shape index (κ3) is 6.44. The molecule has 9 aromatic carbocycles. The molecule has 0 N–H and O–H groups in total. The van der Waals surface area contributed by atoms with Gasteiger partial charge in [-0.1, -0.05) is 42.5 Å². The van der Waals surface area contributed by atoms with E-state index in [1.807, 2.05) is 36.5 Å². The molecular formula is C64H43N5OPt-2. The average molecular weight is 1090 g/mol. The quantitative estimate of drug-likeness (QED) is 0.149. The second-order valence-corrected chi connectivity index (χ2v) is 20.4. The van der Waals surface area contributed by atoms with Crippen molar-refractivity contribution in [3.05, 3.63) is 228 Å². The number of pyridine rings is 1. The molecule has 0 amide bonds. The summed E-state index contributed by atoms with van der Waals surface area (Å²) in [4.78, 5) is 4.89. The van der Waals surface area contributed by atoms with E-state index < -0.39 is 0 Å². The van der Waals surface area contributed by atoms with Gasteiger partial charge >= 0.3 is 320 Å². The van der Waals surface area contributed by atoms with E-state index in [0.717, 1.165) is 70.5 Å². The molecule has 0 aliphatic heterocycles. The van der Waals surface area contributed by atoms with E-state index in [0.29, 0.717) is 11.5 Å². The van der Waals surface area contributed by atoms with Crippen LogP contribution >= 0.6 is 0 Å². The van der Waals surface area contributed by atoms with Gasteiger partial charge in [0, 0.05) is 27.7 Å². The van der Waals surface area contributed by atoms with E-state index in [-0.39, 0.29) is 5.41 Å². The Morgan fingerprint density at radius 2 is 1.07 bits per heavy atom. The van der Waals surface area contributed by atoms with Crippen molar-refractivity contribution >= 4 is 70.9 Å². The summed E-state index contributed by atoms with van der Waals surface area (Å²) in [5, 5.41) is 7.21. The maximum atomic E-state index is 6.81. The van der Waals surface area contributed by atoms with E-state index in [4.69, 9.17) is 9.72 Å². The number of fused-ring (bicyclic) bond motifs is 10. The fraction of sp³-hybridized carbons (Fsp3) is 0.0625. The number of aromatic nitrogens is 5. The second-order valence-electron chi connectivity index (χ2n) is 19.4.